The largest absolute Gasteiger partial charge is 0.433 e. The molecule has 3 nitrogen and oxygen atoms in total. The summed E-state index contributed by atoms with van der Waals surface area (Å²) in [5, 5.41) is 2.71. The van der Waals surface area contributed by atoms with Crippen molar-refractivity contribution in [2.24, 2.45) is 0 Å². The lowest BCUT2D eigenvalue weighted by Gasteiger charge is -2.13. The molecule has 2 aromatic rings. The molecule has 0 unspecified atom stereocenters. The van der Waals surface area contributed by atoms with E-state index in [-0.39, 0.29) is 11.5 Å². The molecule has 22 heavy (non-hydrogen) atoms. The van der Waals surface area contributed by atoms with E-state index in [9.17, 15) is 18.0 Å². The van der Waals surface area contributed by atoms with Crippen molar-refractivity contribution in [3.8, 4) is 0 Å². The van der Waals surface area contributed by atoms with Crippen LogP contribution in [0.5, 0.6) is 0 Å². The van der Waals surface area contributed by atoms with Gasteiger partial charge in [0.25, 0.3) is 5.91 Å². The van der Waals surface area contributed by atoms with Crippen molar-refractivity contribution in [2.45, 2.75) is 25.9 Å². The Morgan fingerprint density at radius 3 is 2.36 bits per heavy atom. The number of rotatable bonds is 3. The van der Waals surface area contributed by atoms with Crippen LogP contribution in [-0.2, 0) is 6.18 Å². The van der Waals surface area contributed by atoms with E-state index in [0.717, 1.165) is 23.9 Å². The Balaban J connectivity index is 2.20. The number of anilines is 1. The van der Waals surface area contributed by atoms with E-state index >= 15 is 0 Å². The highest BCUT2D eigenvalue weighted by Crippen LogP contribution is 2.27. The van der Waals surface area contributed by atoms with Crippen LogP contribution in [0.2, 0.25) is 0 Å². The van der Waals surface area contributed by atoms with E-state index in [2.05, 4.69) is 10.3 Å². The van der Waals surface area contributed by atoms with Crippen LogP contribution in [0.4, 0.5) is 18.9 Å². The minimum absolute atomic E-state index is 0.0755. The van der Waals surface area contributed by atoms with Gasteiger partial charge in [0.15, 0.2) is 0 Å². The maximum Gasteiger partial charge on any atom is 0.433 e. The lowest BCUT2D eigenvalue weighted by atomic mass is 10.0. The number of amides is 1. The molecule has 0 aliphatic carbocycles. The number of benzene rings is 1. The molecule has 0 fully saturated rings. The van der Waals surface area contributed by atoms with Gasteiger partial charge in [0.1, 0.15) is 5.69 Å². The quantitative estimate of drug-likeness (QED) is 0.908. The Bertz CT molecular complexity index is 664. The van der Waals surface area contributed by atoms with Gasteiger partial charge in [-0.15, -0.1) is 0 Å². The first-order valence-electron chi connectivity index (χ1n) is 6.72. The summed E-state index contributed by atoms with van der Waals surface area (Å²) in [6, 6.07) is 9.21. The number of nitrogens with one attached hydrogen (secondary N) is 1. The lowest BCUT2D eigenvalue weighted by molar-refractivity contribution is -0.141. The zero-order valence-electron chi connectivity index (χ0n) is 12.1. The van der Waals surface area contributed by atoms with Gasteiger partial charge < -0.3 is 5.32 Å². The molecule has 1 aromatic carbocycles. The minimum atomic E-state index is -4.51. The molecule has 0 aliphatic heterocycles. The van der Waals surface area contributed by atoms with E-state index in [0.29, 0.717) is 5.69 Å². The third-order valence-corrected chi connectivity index (χ3v) is 3.15. The first-order chi connectivity index (χ1) is 10.3. The molecule has 0 bridgehead atoms. The predicted octanol–water partition coefficient (Wildman–Crippen LogP) is 4.48. The van der Waals surface area contributed by atoms with Gasteiger partial charge >= 0.3 is 6.18 Å². The fourth-order valence-corrected chi connectivity index (χ4v) is 2.00. The number of carbonyl (C=O) groups is 1. The molecule has 1 heterocycles. The van der Waals surface area contributed by atoms with Gasteiger partial charge in [0.05, 0.1) is 5.56 Å². The second kappa shape index (κ2) is 6.17. The summed E-state index contributed by atoms with van der Waals surface area (Å²) in [4.78, 5) is 15.4. The summed E-state index contributed by atoms with van der Waals surface area (Å²) in [5.41, 5.74) is 0.649. The van der Waals surface area contributed by atoms with E-state index in [1.165, 1.54) is 0 Å². The lowest BCUT2D eigenvalue weighted by Crippen LogP contribution is -2.15. The van der Waals surface area contributed by atoms with Crippen LogP contribution >= 0.6 is 0 Å². The third-order valence-electron chi connectivity index (χ3n) is 3.15. The van der Waals surface area contributed by atoms with Gasteiger partial charge in [-0.2, -0.15) is 13.2 Å². The molecule has 116 valence electrons. The molecule has 1 N–H and O–H groups in total. The second-order valence-electron chi connectivity index (χ2n) is 5.13. The zero-order chi connectivity index (χ0) is 16.3. The molecule has 2 rings (SSSR count). The normalized spacial score (nSPS) is 11.5. The molecule has 6 heteroatoms. The molecule has 0 aliphatic rings. The van der Waals surface area contributed by atoms with Crippen LogP contribution < -0.4 is 5.32 Å². The van der Waals surface area contributed by atoms with E-state index in [4.69, 9.17) is 0 Å². The summed E-state index contributed by atoms with van der Waals surface area (Å²) in [7, 11) is 0. The molecular weight excluding hydrogens is 293 g/mol. The fraction of sp³-hybridized carbons (Fsp3) is 0.250. The molecule has 0 atom stereocenters. The Morgan fingerprint density at radius 2 is 1.82 bits per heavy atom. The number of alkyl halides is 3. The summed E-state index contributed by atoms with van der Waals surface area (Å²) in [5.74, 6) is -0.281. The molecule has 0 radical (unpaired) electrons. The molecule has 0 saturated heterocycles. The topological polar surface area (TPSA) is 42.0 Å². The Morgan fingerprint density at radius 1 is 1.14 bits per heavy atom. The number of aromatic nitrogens is 1. The Kier molecular flexibility index (Phi) is 4.49. The molecule has 0 saturated carbocycles. The highest BCUT2D eigenvalue weighted by atomic mass is 19.4. The van der Waals surface area contributed by atoms with Crippen LogP contribution in [0.15, 0.2) is 42.6 Å². The predicted molar refractivity (Wildman–Crippen MR) is 77.7 cm³/mol. The molecular formula is C16H15F3N2O. The minimum Gasteiger partial charge on any atom is -0.322 e. The van der Waals surface area contributed by atoms with Crippen LogP contribution in [0.1, 0.15) is 41.4 Å². The van der Waals surface area contributed by atoms with E-state index in [1.807, 2.05) is 26.0 Å². The summed E-state index contributed by atoms with van der Waals surface area (Å²) < 4.78 is 37.3. The average molecular weight is 308 g/mol. The van der Waals surface area contributed by atoms with Crippen molar-refractivity contribution < 1.29 is 18.0 Å². The van der Waals surface area contributed by atoms with E-state index in [1.54, 1.807) is 12.1 Å². The smallest absolute Gasteiger partial charge is 0.322 e. The number of hydrogen-bond acceptors (Lipinski definition) is 2. The van der Waals surface area contributed by atoms with Gasteiger partial charge in [-0.25, -0.2) is 0 Å². The summed E-state index contributed by atoms with van der Waals surface area (Å²) >= 11 is 0. The van der Waals surface area contributed by atoms with Crippen molar-refractivity contribution in [2.75, 3.05) is 5.32 Å². The average Bonchev–Trinajstić information content (AvgIpc) is 2.46. The van der Waals surface area contributed by atoms with Crippen LogP contribution in [0.25, 0.3) is 0 Å². The number of nitrogens with zero attached hydrogens (tertiary/aromatic N) is 1. The van der Waals surface area contributed by atoms with Crippen molar-refractivity contribution in [3.05, 3.63) is 59.4 Å². The highest BCUT2D eigenvalue weighted by molar-refractivity contribution is 6.04. The third kappa shape index (κ3) is 3.63. The Labute approximate surface area is 126 Å². The number of carbonyl (C=O) groups excluding carboxylic acids is 1. The van der Waals surface area contributed by atoms with Gasteiger partial charge in [0, 0.05) is 11.9 Å². The number of hydrogen-bond donors (Lipinski definition) is 1. The van der Waals surface area contributed by atoms with E-state index < -0.39 is 17.8 Å². The van der Waals surface area contributed by atoms with Gasteiger partial charge in [-0.3, -0.25) is 9.78 Å². The van der Waals surface area contributed by atoms with Crippen LogP contribution in [-0.4, -0.2) is 10.9 Å². The zero-order valence-corrected chi connectivity index (χ0v) is 12.1. The van der Waals surface area contributed by atoms with Crippen LogP contribution in [0, 0.1) is 0 Å². The maximum atomic E-state index is 12.4. The SMILES string of the molecule is CC(C)c1ccccc1NC(=O)c1ccc(C(F)(F)F)nc1. The first kappa shape index (κ1) is 16.0. The first-order valence-corrected chi connectivity index (χ1v) is 6.72. The van der Waals surface area contributed by atoms with Crippen molar-refractivity contribution in [3.63, 3.8) is 0 Å². The fourth-order valence-electron chi connectivity index (χ4n) is 2.00. The second-order valence-corrected chi connectivity index (χ2v) is 5.13. The van der Waals surface area contributed by atoms with Crippen LogP contribution in [0.3, 0.4) is 0 Å². The van der Waals surface area contributed by atoms with Gasteiger partial charge in [-0.05, 0) is 29.7 Å². The molecule has 1 aromatic heterocycles. The standard InChI is InChI=1S/C16H15F3N2O/c1-10(2)12-5-3-4-6-13(12)21-15(22)11-7-8-14(20-9-11)16(17,18)19/h3-10H,1-2H3,(H,21,22). The number of para-hydroxylation sites is 1. The number of pyridine rings is 1. The van der Waals surface area contributed by atoms with Gasteiger partial charge in [0.2, 0.25) is 0 Å². The maximum absolute atomic E-state index is 12.4. The summed E-state index contributed by atoms with van der Waals surface area (Å²) in [6.07, 6.45) is -3.59. The van der Waals surface area contributed by atoms with Crippen molar-refractivity contribution in [1.82, 2.24) is 4.98 Å². The van der Waals surface area contributed by atoms with Gasteiger partial charge in [-0.1, -0.05) is 32.0 Å². The molecule has 0 spiro atoms. The highest BCUT2D eigenvalue weighted by Gasteiger charge is 2.32. The molecule has 1 amide bonds. The monoisotopic (exact) mass is 308 g/mol. The van der Waals surface area contributed by atoms with Crippen molar-refractivity contribution >= 4 is 11.6 Å². The Hall–Kier alpha value is -2.37. The number of halogens is 3. The van der Waals surface area contributed by atoms with Crippen molar-refractivity contribution in [1.29, 1.82) is 0 Å². The summed E-state index contributed by atoms with van der Waals surface area (Å²) in [6.45, 7) is 3.98.